The van der Waals surface area contributed by atoms with Gasteiger partial charge >= 0.3 is 0 Å². The molecule has 2 aromatic rings. The van der Waals surface area contributed by atoms with Crippen LogP contribution in [-0.2, 0) is 0 Å². The van der Waals surface area contributed by atoms with E-state index in [4.69, 9.17) is 11.6 Å². The summed E-state index contributed by atoms with van der Waals surface area (Å²) in [6, 6.07) is 3.54. The normalized spacial score (nSPS) is 15.8. The predicted molar refractivity (Wildman–Crippen MR) is 91.1 cm³/mol. The van der Waals surface area contributed by atoms with Gasteiger partial charge in [0, 0.05) is 24.5 Å². The van der Waals surface area contributed by atoms with Gasteiger partial charge in [-0.05, 0) is 34.1 Å². The van der Waals surface area contributed by atoms with Gasteiger partial charge in [0.2, 0.25) is 5.95 Å². The standard InChI is InChI=1S/C14H10BrClN6/c15-9-6-8-7-19-14(20-11-10(16)2-1-3-17-11)21-12(8)22-5-4-18-13(9)22/h1-3,6-7H,4-5H2,(H,17,19,20,21). The minimum atomic E-state index is 0.456. The molecule has 0 amide bonds. The lowest BCUT2D eigenvalue weighted by molar-refractivity contribution is 0.985. The highest BCUT2D eigenvalue weighted by Gasteiger charge is 2.28. The van der Waals surface area contributed by atoms with Crippen molar-refractivity contribution in [2.45, 2.75) is 0 Å². The van der Waals surface area contributed by atoms with Crippen LogP contribution in [-0.4, -0.2) is 33.9 Å². The third-order valence-corrected chi connectivity index (χ3v) is 4.27. The van der Waals surface area contributed by atoms with E-state index in [1.807, 2.05) is 6.08 Å². The average Bonchev–Trinajstić information content (AvgIpc) is 3.01. The van der Waals surface area contributed by atoms with Crippen molar-refractivity contribution in [3.05, 3.63) is 39.6 Å². The summed E-state index contributed by atoms with van der Waals surface area (Å²) >= 11 is 9.64. The highest BCUT2D eigenvalue weighted by atomic mass is 79.9. The van der Waals surface area contributed by atoms with E-state index in [0.717, 1.165) is 34.8 Å². The third-order valence-electron chi connectivity index (χ3n) is 3.38. The van der Waals surface area contributed by atoms with E-state index in [1.54, 1.807) is 24.5 Å². The Morgan fingerprint density at radius 1 is 1.32 bits per heavy atom. The van der Waals surface area contributed by atoms with Gasteiger partial charge in [0.15, 0.2) is 5.82 Å². The molecule has 0 bridgehead atoms. The molecule has 0 radical (unpaired) electrons. The average molecular weight is 378 g/mol. The molecule has 4 heterocycles. The van der Waals surface area contributed by atoms with Gasteiger partial charge in [-0.3, -0.25) is 4.99 Å². The Labute approximate surface area is 140 Å². The summed E-state index contributed by atoms with van der Waals surface area (Å²) in [5.74, 6) is 2.74. The molecule has 4 rings (SSSR count). The van der Waals surface area contributed by atoms with Crippen LogP contribution in [0.2, 0.25) is 5.02 Å². The van der Waals surface area contributed by atoms with Gasteiger partial charge < -0.3 is 10.2 Å². The van der Waals surface area contributed by atoms with E-state index in [2.05, 4.69) is 46.1 Å². The number of pyridine rings is 1. The molecule has 0 aromatic carbocycles. The van der Waals surface area contributed by atoms with Crippen LogP contribution >= 0.6 is 27.5 Å². The molecule has 0 unspecified atom stereocenters. The van der Waals surface area contributed by atoms with Crippen LogP contribution in [0.3, 0.4) is 0 Å². The highest BCUT2D eigenvalue weighted by molar-refractivity contribution is 9.12. The van der Waals surface area contributed by atoms with Crippen molar-refractivity contribution >= 4 is 57.0 Å². The van der Waals surface area contributed by atoms with Gasteiger partial charge in [0.05, 0.1) is 16.0 Å². The summed E-state index contributed by atoms with van der Waals surface area (Å²) < 4.78 is 0.953. The molecular formula is C14H10BrClN6. The molecule has 0 atom stereocenters. The Hall–Kier alpha value is -1.99. The molecule has 2 aliphatic rings. The number of hydrogen-bond acceptors (Lipinski definition) is 6. The van der Waals surface area contributed by atoms with Gasteiger partial charge in [-0.2, -0.15) is 4.98 Å². The summed E-state index contributed by atoms with van der Waals surface area (Å²) in [7, 11) is 0. The lowest BCUT2D eigenvalue weighted by atomic mass is 10.2. The number of aromatic nitrogens is 3. The van der Waals surface area contributed by atoms with Gasteiger partial charge in [-0.25, -0.2) is 9.97 Å². The van der Waals surface area contributed by atoms with Crippen molar-refractivity contribution in [2.24, 2.45) is 4.99 Å². The van der Waals surface area contributed by atoms with Crippen molar-refractivity contribution in [1.29, 1.82) is 0 Å². The van der Waals surface area contributed by atoms with E-state index in [0.29, 0.717) is 16.8 Å². The number of halogens is 2. The first-order valence-electron chi connectivity index (χ1n) is 6.66. The van der Waals surface area contributed by atoms with Crippen LogP contribution in [0.25, 0.3) is 6.08 Å². The summed E-state index contributed by atoms with van der Waals surface area (Å²) in [6.45, 7) is 1.57. The number of hydrogen-bond donors (Lipinski definition) is 1. The molecule has 0 saturated carbocycles. The van der Waals surface area contributed by atoms with Gasteiger partial charge in [-0.1, -0.05) is 11.6 Å². The Bertz CT molecular complexity index is 819. The first-order valence-corrected chi connectivity index (χ1v) is 7.83. The zero-order valence-electron chi connectivity index (χ0n) is 11.3. The van der Waals surface area contributed by atoms with Crippen LogP contribution in [0, 0.1) is 0 Å². The van der Waals surface area contributed by atoms with Gasteiger partial charge in [-0.15, -0.1) is 0 Å². The van der Waals surface area contributed by atoms with Crippen molar-refractivity contribution in [3.8, 4) is 0 Å². The van der Waals surface area contributed by atoms with E-state index in [1.165, 1.54) is 0 Å². The second kappa shape index (κ2) is 5.33. The molecule has 2 aliphatic heterocycles. The number of anilines is 3. The van der Waals surface area contributed by atoms with E-state index in [9.17, 15) is 0 Å². The fourth-order valence-electron chi connectivity index (χ4n) is 2.40. The molecule has 6 nitrogen and oxygen atoms in total. The maximum Gasteiger partial charge on any atom is 0.230 e. The van der Waals surface area contributed by atoms with E-state index < -0.39 is 0 Å². The predicted octanol–water partition coefficient (Wildman–Crippen LogP) is 3.24. The van der Waals surface area contributed by atoms with Crippen molar-refractivity contribution in [1.82, 2.24) is 15.0 Å². The minimum absolute atomic E-state index is 0.456. The molecule has 110 valence electrons. The minimum Gasteiger partial charge on any atom is -0.308 e. The second-order valence-electron chi connectivity index (χ2n) is 4.78. The van der Waals surface area contributed by atoms with E-state index >= 15 is 0 Å². The lowest BCUT2D eigenvalue weighted by Crippen LogP contribution is -2.31. The van der Waals surface area contributed by atoms with Crippen LogP contribution in [0.15, 0.2) is 34.0 Å². The maximum atomic E-state index is 6.10. The Morgan fingerprint density at radius 3 is 3.09 bits per heavy atom. The number of rotatable bonds is 2. The summed E-state index contributed by atoms with van der Waals surface area (Å²) in [6.07, 6.45) is 5.42. The van der Waals surface area contributed by atoms with Crippen LogP contribution < -0.4 is 10.2 Å². The Kier molecular flexibility index (Phi) is 3.31. The van der Waals surface area contributed by atoms with Crippen molar-refractivity contribution in [2.75, 3.05) is 23.3 Å². The molecule has 22 heavy (non-hydrogen) atoms. The quantitative estimate of drug-likeness (QED) is 0.870. The van der Waals surface area contributed by atoms with Gasteiger partial charge in [0.25, 0.3) is 0 Å². The monoisotopic (exact) mass is 376 g/mol. The lowest BCUT2D eigenvalue weighted by Gasteiger charge is -2.25. The zero-order valence-corrected chi connectivity index (χ0v) is 13.6. The van der Waals surface area contributed by atoms with Crippen molar-refractivity contribution < 1.29 is 0 Å². The molecule has 2 aromatic heterocycles. The largest absolute Gasteiger partial charge is 0.308 e. The number of fused-ring (bicyclic) bond motifs is 3. The molecule has 8 heteroatoms. The maximum absolute atomic E-state index is 6.10. The smallest absolute Gasteiger partial charge is 0.230 e. The van der Waals surface area contributed by atoms with Crippen LogP contribution in [0.5, 0.6) is 0 Å². The first kappa shape index (κ1) is 13.7. The number of amidine groups is 1. The summed E-state index contributed by atoms with van der Waals surface area (Å²) in [5, 5.41) is 3.57. The van der Waals surface area contributed by atoms with E-state index in [-0.39, 0.29) is 0 Å². The molecule has 1 N–H and O–H groups in total. The van der Waals surface area contributed by atoms with Crippen LogP contribution in [0.1, 0.15) is 5.56 Å². The fraction of sp³-hybridized carbons (Fsp3) is 0.143. The second-order valence-corrected chi connectivity index (χ2v) is 6.04. The first-order chi connectivity index (χ1) is 10.7. The number of nitrogens with zero attached hydrogens (tertiary/aromatic N) is 5. The SMILES string of the molecule is Clc1cccnc1Nc1ncc2c(n1)N1CCN=C1C(Br)=C2. The summed E-state index contributed by atoms with van der Waals surface area (Å²) in [4.78, 5) is 19.6. The Balaban J connectivity index is 1.72. The fourth-order valence-corrected chi connectivity index (χ4v) is 3.16. The van der Waals surface area contributed by atoms with Crippen molar-refractivity contribution in [3.63, 3.8) is 0 Å². The Morgan fingerprint density at radius 2 is 2.23 bits per heavy atom. The third kappa shape index (κ3) is 2.26. The molecule has 0 fully saturated rings. The molecule has 0 aliphatic carbocycles. The van der Waals surface area contributed by atoms with Gasteiger partial charge in [0.1, 0.15) is 11.7 Å². The molecule has 0 spiro atoms. The molecular weight excluding hydrogens is 368 g/mol. The zero-order chi connectivity index (χ0) is 15.1. The van der Waals surface area contributed by atoms with Crippen LogP contribution in [0.4, 0.5) is 17.6 Å². The summed E-state index contributed by atoms with van der Waals surface area (Å²) in [5.41, 5.74) is 0.949. The number of aliphatic imine (C=N–C) groups is 1. The topological polar surface area (TPSA) is 66.3 Å². The molecule has 0 saturated heterocycles. The highest BCUT2D eigenvalue weighted by Crippen LogP contribution is 2.33. The number of nitrogens with one attached hydrogen (secondary N) is 1.